The van der Waals surface area contributed by atoms with Crippen LogP contribution in [0.1, 0.15) is 20.3 Å². The van der Waals surface area contributed by atoms with Gasteiger partial charge >= 0.3 is 0 Å². The van der Waals surface area contributed by atoms with Gasteiger partial charge in [-0.1, -0.05) is 19.9 Å². The molecule has 0 radical (unpaired) electrons. The average Bonchev–Trinajstić information content (AvgIpc) is 2.44. The Balaban J connectivity index is 2.20. The van der Waals surface area contributed by atoms with Gasteiger partial charge in [0.1, 0.15) is 24.2 Å². The topological polar surface area (TPSA) is 71.0 Å². The Kier molecular flexibility index (Phi) is 8.12. The van der Waals surface area contributed by atoms with Gasteiger partial charge in [-0.15, -0.1) is 0 Å². The van der Waals surface area contributed by atoms with E-state index in [1.807, 2.05) is 18.2 Å². The van der Waals surface area contributed by atoms with Crippen molar-refractivity contribution in [1.29, 1.82) is 0 Å². The minimum Gasteiger partial charge on any atom is -0.497 e. The van der Waals surface area contributed by atoms with E-state index >= 15 is 0 Å². The van der Waals surface area contributed by atoms with Crippen molar-refractivity contribution in [2.45, 2.75) is 32.5 Å². The largest absolute Gasteiger partial charge is 0.497 e. The minimum absolute atomic E-state index is 0.195. The third kappa shape index (κ3) is 7.90. The number of hydrogen-bond acceptors (Lipinski definition) is 5. The fourth-order valence-corrected chi connectivity index (χ4v) is 1.99. The number of methoxy groups -OCH3 is 1. The van der Waals surface area contributed by atoms with E-state index in [1.165, 1.54) is 0 Å². The second kappa shape index (κ2) is 9.60. The van der Waals surface area contributed by atoms with Crippen LogP contribution in [0.2, 0.25) is 0 Å². The van der Waals surface area contributed by atoms with Crippen molar-refractivity contribution in [1.82, 2.24) is 5.32 Å². The maximum Gasteiger partial charge on any atom is 0.123 e. The van der Waals surface area contributed by atoms with Crippen LogP contribution in [0.3, 0.4) is 0 Å². The second-order valence-corrected chi connectivity index (χ2v) is 5.59. The molecule has 0 fully saturated rings. The smallest absolute Gasteiger partial charge is 0.123 e. The van der Waals surface area contributed by atoms with Gasteiger partial charge in [0.25, 0.3) is 0 Å². The molecule has 2 unspecified atom stereocenters. The summed E-state index contributed by atoms with van der Waals surface area (Å²) < 4.78 is 10.6. The van der Waals surface area contributed by atoms with Gasteiger partial charge in [-0.05, 0) is 24.5 Å². The fraction of sp³-hybridized carbons (Fsp3) is 0.625. The van der Waals surface area contributed by atoms with Crippen LogP contribution in [-0.2, 0) is 0 Å². The summed E-state index contributed by atoms with van der Waals surface area (Å²) in [5, 5.41) is 22.6. The highest BCUT2D eigenvalue weighted by Crippen LogP contribution is 2.18. The van der Waals surface area contributed by atoms with Crippen LogP contribution in [0.15, 0.2) is 24.3 Å². The summed E-state index contributed by atoms with van der Waals surface area (Å²) in [6.07, 6.45) is -0.248. The molecule has 0 aliphatic carbocycles. The molecule has 2 atom stereocenters. The minimum atomic E-state index is -0.623. The molecule has 1 aromatic rings. The van der Waals surface area contributed by atoms with Gasteiger partial charge in [0.15, 0.2) is 0 Å². The molecule has 0 saturated carbocycles. The summed E-state index contributed by atoms with van der Waals surface area (Å²) in [6.45, 7) is 5.20. The van der Waals surface area contributed by atoms with Crippen LogP contribution in [0.5, 0.6) is 11.5 Å². The number of ether oxygens (including phenoxy) is 2. The fourth-order valence-electron chi connectivity index (χ4n) is 1.99. The third-order valence-corrected chi connectivity index (χ3v) is 2.99. The molecule has 1 aromatic carbocycles. The quantitative estimate of drug-likeness (QED) is 0.609. The SMILES string of the molecule is COc1cccc(OCC(O)CNCC(O)CC(C)C)c1. The Morgan fingerprint density at radius 3 is 2.43 bits per heavy atom. The van der Waals surface area contributed by atoms with Gasteiger partial charge < -0.3 is 25.0 Å². The first-order chi connectivity index (χ1) is 10.0. The van der Waals surface area contributed by atoms with Crippen LogP contribution in [-0.4, -0.2) is 49.2 Å². The lowest BCUT2D eigenvalue weighted by Gasteiger charge is -2.16. The first-order valence-electron chi connectivity index (χ1n) is 7.35. The monoisotopic (exact) mass is 297 g/mol. The molecule has 0 spiro atoms. The lowest BCUT2D eigenvalue weighted by atomic mass is 10.1. The van der Waals surface area contributed by atoms with E-state index in [2.05, 4.69) is 19.2 Å². The number of rotatable bonds is 10. The maximum absolute atomic E-state index is 9.83. The summed E-state index contributed by atoms with van der Waals surface area (Å²) in [5.41, 5.74) is 0. The van der Waals surface area contributed by atoms with Crippen molar-refractivity contribution < 1.29 is 19.7 Å². The van der Waals surface area contributed by atoms with E-state index in [9.17, 15) is 10.2 Å². The van der Waals surface area contributed by atoms with Crippen LogP contribution in [0.25, 0.3) is 0 Å². The highest BCUT2D eigenvalue weighted by Gasteiger charge is 2.09. The molecule has 0 saturated heterocycles. The second-order valence-electron chi connectivity index (χ2n) is 5.59. The van der Waals surface area contributed by atoms with Crippen molar-refractivity contribution in [3.8, 4) is 11.5 Å². The van der Waals surface area contributed by atoms with Crippen molar-refractivity contribution in [2.24, 2.45) is 5.92 Å². The predicted octanol–water partition coefficient (Wildman–Crippen LogP) is 1.43. The summed E-state index contributed by atoms with van der Waals surface area (Å²) in [5.74, 6) is 1.84. The molecule has 0 amide bonds. The Bertz CT molecular complexity index is 398. The van der Waals surface area contributed by atoms with E-state index in [1.54, 1.807) is 13.2 Å². The predicted molar refractivity (Wildman–Crippen MR) is 82.8 cm³/mol. The van der Waals surface area contributed by atoms with Crippen molar-refractivity contribution in [3.63, 3.8) is 0 Å². The van der Waals surface area contributed by atoms with Crippen molar-refractivity contribution in [2.75, 3.05) is 26.8 Å². The standard InChI is InChI=1S/C16H27NO4/c1-12(2)7-13(18)9-17-10-14(19)11-21-16-6-4-5-15(8-16)20-3/h4-6,8,12-14,17-19H,7,9-11H2,1-3H3. The first kappa shape index (κ1) is 17.8. The van der Waals surface area contributed by atoms with Crippen LogP contribution < -0.4 is 14.8 Å². The summed E-state index contributed by atoms with van der Waals surface area (Å²) in [4.78, 5) is 0. The molecule has 0 heterocycles. The van der Waals surface area contributed by atoms with Crippen LogP contribution in [0, 0.1) is 5.92 Å². The van der Waals surface area contributed by atoms with Gasteiger partial charge in [-0.3, -0.25) is 0 Å². The average molecular weight is 297 g/mol. The summed E-state index contributed by atoms with van der Waals surface area (Å²) in [6, 6.07) is 7.25. The van der Waals surface area contributed by atoms with Crippen molar-refractivity contribution >= 4 is 0 Å². The van der Waals surface area contributed by atoms with Gasteiger partial charge in [-0.2, -0.15) is 0 Å². The highest BCUT2D eigenvalue weighted by molar-refractivity contribution is 5.32. The highest BCUT2D eigenvalue weighted by atomic mass is 16.5. The molecule has 0 aromatic heterocycles. The van der Waals surface area contributed by atoms with E-state index in [0.717, 1.165) is 12.2 Å². The first-order valence-corrected chi connectivity index (χ1v) is 7.35. The van der Waals surface area contributed by atoms with E-state index < -0.39 is 6.10 Å². The van der Waals surface area contributed by atoms with Crippen LogP contribution >= 0.6 is 0 Å². The normalized spacial score (nSPS) is 14.0. The zero-order valence-corrected chi connectivity index (χ0v) is 13.1. The number of aliphatic hydroxyl groups excluding tert-OH is 2. The molecular weight excluding hydrogens is 270 g/mol. The zero-order valence-electron chi connectivity index (χ0n) is 13.1. The molecule has 0 aliphatic heterocycles. The van der Waals surface area contributed by atoms with E-state index in [-0.39, 0.29) is 12.7 Å². The lowest BCUT2D eigenvalue weighted by molar-refractivity contribution is 0.0965. The van der Waals surface area contributed by atoms with Gasteiger partial charge in [-0.25, -0.2) is 0 Å². The molecular formula is C16H27NO4. The molecule has 0 bridgehead atoms. The number of hydrogen-bond donors (Lipinski definition) is 3. The number of benzene rings is 1. The number of aliphatic hydroxyl groups is 2. The number of nitrogens with one attached hydrogen (secondary N) is 1. The van der Waals surface area contributed by atoms with Gasteiger partial charge in [0.05, 0.1) is 13.2 Å². The summed E-state index contributed by atoms with van der Waals surface area (Å²) in [7, 11) is 1.60. The molecule has 5 nitrogen and oxygen atoms in total. The zero-order chi connectivity index (χ0) is 15.7. The van der Waals surface area contributed by atoms with Crippen molar-refractivity contribution in [3.05, 3.63) is 24.3 Å². The molecule has 21 heavy (non-hydrogen) atoms. The Labute approximate surface area is 126 Å². The molecule has 3 N–H and O–H groups in total. The van der Waals surface area contributed by atoms with E-state index in [4.69, 9.17) is 9.47 Å². The lowest BCUT2D eigenvalue weighted by Crippen LogP contribution is -2.36. The van der Waals surface area contributed by atoms with Gasteiger partial charge in [0, 0.05) is 19.2 Å². The summed E-state index contributed by atoms with van der Waals surface area (Å²) >= 11 is 0. The third-order valence-electron chi connectivity index (χ3n) is 2.99. The molecule has 1 rings (SSSR count). The van der Waals surface area contributed by atoms with Crippen LogP contribution in [0.4, 0.5) is 0 Å². The Morgan fingerprint density at radius 1 is 1.10 bits per heavy atom. The molecule has 120 valence electrons. The van der Waals surface area contributed by atoms with Gasteiger partial charge in [0.2, 0.25) is 0 Å². The van der Waals surface area contributed by atoms with E-state index in [0.29, 0.717) is 24.8 Å². The molecule has 0 aliphatic rings. The maximum atomic E-state index is 9.83. The molecule has 5 heteroatoms. The Hall–Kier alpha value is -1.30. The Morgan fingerprint density at radius 2 is 1.76 bits per heavy atom.